The summed E-state index contributed by atoms with van der Waals surface area (Å²) in [6.07, 6.45) is 1.95. The average Bonchev–Trinajstić information content (AvgIpc) is 3.22. The van der Waals surface area contributed by atoms with E-state index in [0.29, 0.717) is 30.5 Å². The number of carbonyl (C=O) groups is 3. The number of benzene rings is 1. The number of ether oxygens (including phenoxy) is 1. The van der Waals surface area contributed by atoms with Crippen molar-refractivity contribution in [2.75, 3.05) is 13.7 Å². The van der Waals surface area contributed by atoms with E-state index in [9.17, 15) is 14.4 Å². The van der Waals surface area contributed by atoms with E-state index in [4.69, 9.17) is 20.7 Å². The lowest BCUT2D eigenvalue weighted by Crippen LogP contribution is -2.49. The molecule has 2 rings (SSSR count). The van der Waals surface area contributed by atoms with Crippen LogP contribution < -0.4 is 16.4 Å². The van der Waals surface area contributed by atoms with Gasteiger partial charge in [-0.2, -0.15) is 0 Å². The highest BCUT2D eigenvalue weighted by atomic mass is 16.6. The zero-order chi connectivity index (χ0) is 22.8. The standard InChI is InChI=1S/C21H29N5O5/c1-3-4-5-18(27)25-17(21(29)30-2)12-24-19(28)11-15-10-16(26-31-15)13-6-8-14(9-7-13)20(22)23/h6-9,15,17H,3-5,10-12H2,1-2H3,(H3,22,23)(H,24,28)(H,25,27). The summed E-state index contributed by atoms with van der Waals surface area (Å²) in [4.78, 5) is 41.4. The summed E-state index contributed by atoms with van der Waals surface area (Å²) in [5.41, 5.74) is 7.59. The Hall–Kier alpha value is -3.43. The van der Waals surface area contributed by atoms with Gasteiger partial charge in [0.25, 0.3) is 0 Å². The molecule has 168 valence electrons. The van der Waals surface area contributed by atoms with Crippen molar-refractivity contribution >= 4 is 29.3 Å². The van der Waals surface area contributed by atoms with Gasteiger partial charge in [-0.3, -0.25) is 15.0 Å². The van der Waals surface area contributed by atoms with E-state index in [0.717, 1.165) is 12.0 Å². The lowest BCUT2D eigenvalue weighted by Gasteiger charge is -2.17. The molecule has 2 unspecified atom stereocenters. The smallest absolute Gasteiger partial charge is 0.330 e. The number of hydrogen-bond acceptors (Lipinski definition) is 7. The Balaban J connectivity index is 1.81. The molecule has 1 aliphatic rings. The Labute approximate surface area is 181 Å². The zero-order valence-corrected chi connectivity index (χ0v) is 17.8. The zero-order valence-electron chi connectivity index (χ0n) is 17.8. The summed E-state index contributed by atoms with van der Waals surface area (Å²) in [6.45, 7) is 1.89. The van der Waals surface area contributed by atoms with Gasteiger partial charge >= 0.3 is 5.97 Å². The molecule has 1 heterocycles. The number of nitrogens with zero attached hydrogens (tertiary/aromatic N) is 1. The van der Waals surface area contributed by atoms with Crippen LogP contribution in [-0.2, 0) is 24.0 Å². The second-order valence-electron chi connectivity index (χ2n) is 7.22. The molecule has 0 aliphatic carbocycles. The van der Waals surface area contributed by atoms with Crippen LogP contribution in [0.5, 0.6) is 0 Å². The number of amides is 2. The van der Waals surface area contributed by atoms with Crippen molar-refractivity contribution in [2.24, 2.45) is 10.9 Å². The van der Waals surface area contributed by atoms with E-state index in [1.165, 1.54) is 7.11 Å². The van der Waals surface area contributed by atoms with Crippen molar-refractivity contribution in [1.82, 2.24) is 10.6 Å². The van der Waals surface area contributed by atoms with Crippen molar-refractivity contribution in [3.05, 3.63) is 35.4 Å². The number of hydrogen-bond donors (Lipinski definition) is 4. The van der Waals surface area contributed by atoms with Crippen LogP contribution in [0.15, 0.2) is 29.4 Å². The maximum atomic E-state index is 12.3. The third-order valence-corrected chi connectivity index (χ3v) is 4.76. The van der Waals surface area contributed by atoms with Crippen molar-refractivity contribution in [3.8, 4) is 0 Å². The monoisotopic (exact) mass is 431 g/mol. The number of amidine groups is 1. The molecule has 0 fully saturated rings. The Morgan fingerprint density at radius 1 is 1.29 bits per heavy atom. The Morgan fingerprint density at radius 3 is 2.61 bits per heavy atom. The van der Waals surface area contributed by atoms with Crippen LogP contribution in [0.1, 0.15) is 50.2 Å². The van der Waals surface area contributed by atoms with Crippen LogP contribution in [0.4, 0.5) is 0 Å². The number of nitrogens with two attached hydrogens (primary N) is 1. The van der Waals surface area contributed by atoms with Crippen molar-refractivity contribution in [2.45, 2.75) is 51.2 Å². The van der Waals surface area contributed by atoms with Gasteiger partial charge in [0.1, 0.15) is 18.0 Å². The van der Waals surface area contributed by atoms with Gasteiger partial charge in [0.2, 0.25) is 11.8 Å². The molecular formula is C21H29N5O5. The number of rotatable bonds is 11. The maximum absolute atomic E-state index is 12.3. The number of esters is 1. The maximum Gasteiger partial charge on any atom is 0.330 e. The lowest BCUT2D eigenvalue weighted by molar-refractivity contribution is -0.145. The van der Waals surface area contributed by atoms with Crippen molar-refractivity contribution in [3.63, 3.8) is 0 Å². The molecule has 10 nitrogen and oxygen atoms in total. The van der Waals surface area contributed by atoms with Crippen LogP contribution in [0.3, 0.4) is 0 Å². The molecule has 0 saturated heterocycles. The molecule has 1 aliphatic heterocycles. The van der Waals surface area contributed by atoms with E-state index >= 15 is 0 Å². The molecule has 0 aromatic heterocycles. The second-order valence-corrected chi connectivity index (χ2v) is 7.22. The van der Waals surface area contributed by atoms with Crippen molar-refractivity contribution in [1.29, 1.82) is 5.41 Å². The van der Waals surface area contributed by atoms with Crippen LogP contribution in [0.2, 0.25) is 0 Å². The number of methoxy groups -OCH3 is 1. The SMILES string of the molecule is CCCCC(=O)NC(CNC(=O)CC1CC(c2ccc(C(=N)N)cc2)=NO1)C(=O)OC. The minimum Gasteiger partial charge on any atom is -0.467 e. The van der Waals surface area contributed by atoms with Gasteiger partial charge in [-0.1, -0.05) is 42.8 Å². The van der Waals surface area contributed by atoms with E-state index in [1.54, 1.807) is 24.3 Å². The molecule has 10 heteroatoms. The molecule has 1 aromatic rings. The number of nitrogen functional groups attached to an aromatic ring is 1. The number of nitrogens with one attached hydrogen (secondary N) is 3. The summed E-state index contributed by atoms with van der Waals surface area (Å²) in [6, 6.07) is 6.09. The summed E-state index contributed by atoms with van der Waals surface area (Å²) in [5.74, 6) is -1.23. The van der Waals surface area contributed by atoms with Gasteiger partial charge in [-0.05, 0) is 12.0 Å². The molecule has 0 saturated carbocycles. The third-order valence-electron chi connectivity index (χ3n) is 4.76. The fraction of sp³-hybridized carbons (Fsp3) is 0.476. The van der Waals surface area contributed by atoms with E-state index in [2.05, 4.69) is 15.8 Å². The van der Waals surface area contributed by atoms with Crippen LogP contribution >= 0.6 is 0 Å². The first-order valence-corrected chi connectivity index (χ1v) is 10.2. The molecular weight excluding hydrogens is 402 g/mol. The van der Waals surface area contributed by atoms with Crippen LogP contribution in [0.25, 0.3) is 0 Å². The van der Waals surface area contributed by atoms with Gasteiger partial charge in [0, 0.05) is 24.9 Å². The summed E-state index contributed by atoms with van der Waals surface area (Å²) < 4.78 is 4.70. The average molecular weight is 431 g/mol. The summed E-state index contributed by atoms with van der Waals surface area (Å²) in [5, 5.41) is 16.7. The number of carbonyl (C=O) groups excluding carboxylic acids is 3. The highest BCUT2D eigenvalue weighted by Gasteiger charge is 2.26. The fourth-order valence-corrected chi connectivity index (χ4v) is 2.98. The first kappa shape index (κ1) is 23.8. The number of oxime groups is 1. The Kier molecular flexibility index (Phi) is 8.98. The molecule has 0 radical (unpaired) electrons. The minimum absolute atomic E-state index is 0.0162. The number of unbranched alkanes of at least 4 members (excludes halogenated alkanes) is 1. The third kappa shape index (κ3) is 7.40. The Morgan fingerprint density at radius 2 is 2.00 bits per heavy atom. The van der Waals surface area contributed by atoms with Gasteiger partial charge < -0.3 is 25.9 Å². The van der Waals surface area contributed by atoms with E-state index in [-0.39, 0.29) is 30.6 Å². The Bertz CT molecular complexity index is 837. The van der Waals surface area contributed by atoms with Gasteiger partial charge in [-0.25, -0.2) is 4.79 Å². The fourth-order valence-electron chi connectivity index (χ4n) is 2.98. The van der Waals surface area contributed by atoms with Crippen LogP contribution in [-0.4, -0.2) is 55.1 Å². The second kappa shape index (κ2) is 11.7. The largest absolute Gasteiger partial charge is 0.467 e. The van der Waals surface area contributed by atoms with Crippen LogP contribution in [0, 0.1) is 5.41 Å². The molecule has 1 aromatic carbocycles. The van der Waals surface area contributed by atoms with Gasteiger partial charge in [-0.15, -0.1) is 0 Å². The molecule has 2 atom stereocenters. The highest BCUT2D eigenvalue weighted by Crippen LogP contribution is 2.19. The first-order chi connectivity index (χ1) is 14.8. The predicted molar refractivity (Wildman–Crippen MR) is 115 cm³/mol. The molecule has 31 heavy (non-hydrogen) atoms. The quantitative estimate of drug-likeness (QED) is 0.231. The van der Waals surface area contributed by atoms with Gasteiger partial charge in [0.15, 0.2) is 0 Å². The van der Waals surface area contributed by atoms with Crippen molar-refractivity contribution < 1.29 is 24.0 Å². The van der Waals surface area contributed by atoms with E-state index < -0.39 is 18.1 Å². The highest BCUT2D eigenvalue weighted by molar-refractivity contribution is 6.02. The normalized spacial score (nSPS) is 15.9. The van der Waals surface area contributed by atoms with Gasteiger partial charge in [0.05, 0.1) is 19.2 Å². The predicted octanol–water partition coefficient (Wildman–Crippen LogP) is 0.818. The molecule has 0 bridgehead atoms. The molecule has 0 spiro atoms. The summed E-state index contributed by atoms with van der Waals surface area (Å²) >= 11 is 0. The molecule has 5 N–H and O–H groups in total. The van der Waals surface area contributed by atoms with E-state index in [1.807, 2.05) is 6.92 Å². The lowest BCUT2D eigenvalue weighted by atomic mass is 10.0. The molecule has 2 amide bonds. The minimum atomic E-state index is -0.950. The first-order valence-electron chi connectivity index (χ1n) is 10.2. The summed E-state index contributed by atoms with van der Waals surface area (Å²) in [7, 11) is 1.23. The topological polar surface area (TPSA) is 156 Å².